The molecule has 0 spiro atoms. The molecule has 4 rings (SSSR count). The number of anilines is 3. The third-order valence-corrected chi connectivity index (χ3v) is 5.76. The summed E-state index contributed by atoms with van der Waals surface area (Å²) in [6, 6.07) is 19.6. The van der Waals surface area contributed by atoms with Crippen LogP contribution in [0.25, 0.3) is 0 Å². The lowest BCUT2D eigenvalue weighted by molar-refractivity contribution is -0.00834. The van der Waals surface area contributed by atoms with Crippen LogP contribution in [-0.4, -0.2) is 34.3 Å². The average Bonchev–Trinajstić information content (AvgIpc) is 2.78. The minimum Gasteiger partial charge on any atom is -0.457 e. The van der Waals surface area contributed by atoms with Crippen molar-refractivity contribution in [1.82, 2.24) is 9.88 Å². The molecule has 162 valence electrons. The Morgan fingerprint density at radius 2 is 1.87 bits per heavy atom. The van der Waals surface area contributed by atoms with Gasteiger partial charge in [0.1, 0.15) is 23.5 Å². The Morgan fingerprint density at radius 1 is 1.13 bits per heavy atom. The van der Waals surface area contributed by atoms with Crippen LogP contribution in [0.15, 0.2) is 66.9 Å². The van der Waals surface area contributed by atoms with E-state index in [4.69, 9.17) is 10.5 Å². The third kappa shape index (κ3) is 5.54. The lowest BCUT2D eigenvalue weighted by Crippen LogP contribution is -2.41. The fourth-order valence-corrected chi connectivity index (χ4v) is 4.12. The molecule has 0 amide bonds. The van der Waals surface area contributed by atoms with Gasteiger partial charge in [0.05, 0.1) is 5.69 Å². The summed E-state index contributed by atoms with van der Waals surface area (Å²) in [7, 11) is 0. The van der Waals surface area contributed by atoms with Crippen molar-refractivity contribution in [2.75, 3.05) is 24.1 Å². The number of aliphatic hydroxyl groups excluding tert-OH is 1. The van der Waals surface area contributed by atoms with Gasteiger partial charge in [0.15, 0.2) is 0 Å². The van der Waals surface area contributed by atoms with Gasteiger partial charge in [0.2, 0.25) is 0 Å². The van der Waals surface area contributed by atoms with Crippen molar-refractivity contribution in [2.45, 2.75) is 32.4 Å². The number of piperidine rings is 1. The second-order valence-electron chi connectivity index (χ2n) is 8.13. The molecule has 0 bridgehead atoms. The van der Waals surface area contributed by atoms with Gasteiger partial charge in [-0.25, -0.2) is 4.98 Å². The molecule has 3 aromatic rings. The van der Waals surface area contributed by atoms with Gasteiger partial charge in [-0.1, -0.05) is 18.2 Å². The summed E-state index contributed by atoms with van der Waals surface area (Å²) in [4.78, 5) is 6.42. The highest BCUT2D eigenvalue weighted by molar-refractivity contribution is 5.73. The Kier molecular flexibility index (Phi) is 6.70. The number of nitrogens with two attached hydrogens (primary N) is 1. The molecule has 2 heterocycles. The third-order valence-electron chi connectivity index (χ3n) is 5.76. The standard InChI is InChI=1S/C25H30N4O2/c1-18(30)29-15-5-6-19(17-29)16-20-13-14-27-25(26)24(20)28-21-9-11-23(12-10-21)31-22-7-3-2-4-8-22/h2-4,7-14,18-19,28,30H,5-6,15-17H2,1H3,(H2,26,27)/t18?,19-/m0/s1. The summed E-state index contributed by atoms with van der Waals surface area (Å²) in [5, 5.41) is 13.4. The van der Waals surface area contributed by atoms with E-state index in [1.807, 2.05) is 67.6 Å². The van der Waals surface area contributed by atoms with Crippen molar-refractivity contribution >= 4 is 17.2 Å². The van der Waals surface area contributed by atoms with E-state index in [1.165, 1.54) is 0 Å². The number of likely N-dealkylation sites (tertiary alicyclic amines) is 1. The number of hydrogen-bond donors (Lipinski definition) is 3. The van der Waals surface area contributed by atoms with Crippen molar-refractivity contribution in [3.63, 3.8) is 0 Å². The highest BCUT2D eigenvalue weighted by Gasteiger charge is 2.24. The van der Waals surface area contributed by atoms with Crippen LogP contribution in [0.4, 0.5) is 17.2 Å². The van der Waals surface area contributed by atoms with Gasteiger partial charge in [-0.05, 0) is 80.1 Å². The molecule has 2 aromatic carbocycles. The maximum Gasteiger partial charge on any atom is 0.147 e. The first kappa shape index (κ1) is 21.2. The number of hydrogen-bond acceptors (Lipinski definition) is 6. The smallest absolute Gasteiger partial charge is 0.147 e. The van der Waals surface area contributed by atoms with E-state index in [9.17, 15) is 5.11 Å². The van der Waals surface area contributed by atoms with Crippen LogP contribution in [0.5, 0.6) is 11.5 Å². The Balaban J connectivity index is 1.46. The second kappa shape index (κ2) is 9.81. The monoisotopic (exact) mass is 418 g/mol. The summed E-state index contributed by atoms with van der Waals surface area (Å²) in [5.41, 5.74) is 9.16. The molecule has 0 radical (unpaired) electrons. The summed E-state index contributed by atoms with van der Waals surface area (Å²) >= 11 is 0. The minimum atomic E-state index is -0.403. The van der Waals surface area contributed by atoms with Crippen LogP contribution in [0.1, 0.15) is 25.3 Å². The predicted molar refractivity (Wildman–Crippen MR) is 125 cm³/mol. The topological polar surface area (TPSA) is 83.6 Å². The van der Waals surface area contributed by atoms with Crippen LogP contribution < -0.4 is 15.8 Å². The number of nitrogens with one attached hydrogen (secondary N) is 1. The van der Waals surface area contributed by atoms with Gasteiger partial charge in [-0.3, -0.25) is 4.90 Å². The molecule has 1 unspecified atom stereocenters. The Labute approximate surface area is 183 Å². The number of ether oxygens (including phenoxy) is 1. The first-order chi connectivity index (χ1) is 15.1. The van der Waals surface area contributed by atoms with Crippen LogP contribution in [0.2, 0.25) is 0 Å². The molecular formula is C25H30N4O2. The van der Waals surface area contributed by atoms with Crippen LogP contribution in [0, 0.1) is 5.92 Å². The first-order valence-electron chi connectivity index (χ1n) is 10.8. The van der Waals surface area contributed by atoms with Crippen molar-refractivity contribution in [2.24, 2.45) is 5.92 Å². The summed E-state index contributed by atoms with van der Waals surface area (Å²) in [6.07, 6.45) is 4.51. The van der Waals surface area contributed by atoms with E-state index in [0.717, 1.165) is 60.8 Å². The van der Waals surface area contributed by atoms with Crippen LogP contribution in [0.3, 0.4) is 0 Å². The lowest BCUT2D eigenvalue weighted by atomic mass is 9.90. The van der Waals surface area contributed by atoms with E-state index in [1.54, 1.807) is 6.20 Å². The number of aromatic nitrogens is 1. The van der Waals surface area contributed by atoms with Gasteiger partial charge < -0.3 is 20.9 Å². The molecular weight excluding hydrogens is 388 g/mol. The number of pyridine rings is 1. The van der Waals surface area contributed by atoms with E-state index in [0.29, 0.717) is 11.7 Å². The maximum atomic E-state index is 9.94. The van der Waals surface area contributed by atoms with Crippen molar-refractivity contribution in [1.29, 1.82) is 0 Å². The predicted octanol–water partition coefficient (Wildman–Crippen LogP) is 4.79. The summed E-state index contributed by atoms with van der Waals surface area (Å²) < 4.78 is 5.87. The van der Waals surface area contributed by atoms with Gasteiger partial charge >= 0.3 is 0 Å². The summed E-state index contributed by atoms with van der Waals surface area (Å²) in [5.74, 6) is 2.55. The quantitative estimate of drug-likeness (QED) is 0.512. The van der Waals surface area contributed by atoms with E-state index in [-0.39, 0.29) is 0 Å². The minimum absolute atomic E-state index is 0.403. The second-order valence-corrected chi connectivity index (χ2v) is 8.13. The summed E-state index contributed by atoms with van der Waals surface area (Å²) in [6.45, 7) is 3.69. The highest BCUT2D eigenvalue weighted by Crippen LogP contribution is 2.31. The van der Waals surface area contributed by atoms with E-state index < -0.39 is 6.23 Å². The van der Waals surface area contributed by atoms with Crippen LogP contribution >= 0.6 is 0 Å². The maximum absolute atomic E-state index is 9.94. The molecule has 6 nitrogen and oxygen atoms in total. The lowest BCUT2D eigenvalue weighted by Gasteiger charge is -2.34. The van der Waals surface area contributed by atoms with Crippen LogP contribution in [-0.2, 0) is 6.42 Å². The molecule has 31 heavy (non-hydrogen) atoms. The zero-order valence-corrected chi connectivity index (χ0v) is 17.9. The van der Waals surface area contributed by atoms with Gasteiger partial charge in [0.25, 0.3) is 0 Å². The molecule has 6 heteroatoms. The fraction of sp³-hybridized carbons (Fsp3) is 0.320. The highest BCUT2D eigenvalue weighted by atomic mass is 16.5. The number of benzene rings is 2. The molecule has 1 aliphatic rings. The Bertz CT molecular complexity index is 977. The van der Waals surface area contributed by atoms with Crippen molar-refractivity contribution < 1.29 is 9.84 Å². The van der Waals surface area contributed by atoms with E-state index >= 15 is 0 Å². The fourth-order valence-electron chi connectivity index (χ4n) is 4.12. The number of rotatable bonds is 7. The zero-order chi connectivity index (χ0) is 21.6. The molecule has 0 aliphatic carbocycles. The molecule has 1 saturated heterocycles. The molecule has 1 aliphatic heterocycles. The SMILES string of the molecule is CC(O)N1CCC[C@@H](Cc2ccnc(N)c2Nc2ccc(Oc3ccccc3)cc2)C1. The first-order valence-corrected chi connectivity index (χ1v) is 10.8. The number of aliphatic hydroxyl groups is 1. The number of nitrogen functional groups attached to an aromatic ring is 1. The number of para-hydroxylation sites is 1. The average molecular weight is 419 g/mol. The van der Waals surface area contributed by atoms with Gasteiger partial charge in [0, 0.05) is 25.0 Å². The molecule has 0 saturated carbocycles. The Hall–Kier alpha value is -3.09. The van der Waals surface area contributed by atoms with Crippen molar-refractivity contribution in [3.05, 3.63) is 72.4 Å². The van der Waals surface area contributed by atoms with E-state index in [2.05, 4.69) is 15.2 Å². The van der Waals surface area contributed by atoms with Gasteiger partial charge in [-0.15, -0.1) is 0 Å². The molecule has 4 N–H and O–H groups in total. The molecule has 1 aromatic heterocycles. The van der Waals surface area contributed by atoms with Crippen molar-refractivity contribution in [3.8, 4) is 11.5 Å². The Morgan fingerprint density at radius 3 is 2.61 bits per heavy atom. The van der Waals surface area contributed by atoms with Gasteiger partial charge in [-0.2, -0.15) is 0 Å². The molecule has 1 fully saturated rings. The normalized spacial score (nSPS) is 17.8. The molecule has 2 atom stereocenters. The zero-order valence-electron chi connectivity index (χ0n) is 17.9. The number of nitrogens with zero attached hydrogens (tertiary/aromatic N) is 2. The largest absolute Gasteiger partial charge is 0.457 e.